The molecular weight excluding hydrogens is 538 g/mol. The molecule has 3 aromatic rings. The number of nitrogens with zero attached hydrogens (tertiary/aromatic N) is 5. The molecule has 0 N–H and O–H groups in total. The van der Waals surface area contributed by atoms with E-state index in [2.05, 4.69) is 4.90 Å². The first kappa shape index (κ1) is 27.6. The van der Waals surface area contributed by atoms with Gasteiger partial charge < -0.3 is 4.74 Å². The summed E-state index contributed by atoms with van der Waals surface area (Å²) in [5, 5.41) is 5.40. The molecular formula is C28H34ClN5O4S. The Labute approximate surface area is 235 Å². The van der Waals surface area contributed by atoms with Crippen LogP contribution in [0.25, 0.3) is 0 Å². The monoisotopic (exact) mass is 571 g/mol. The average molecular weight is 572 g/mol. The molecule has 2 heterocycles. The number of anilines is 1. The summed E-state index contributed by atoms with van der Waals surface area (Å²) in [4.78, 5) is 17.1. The van der Waals surface area contributed by atoms with Crippen LogP contribution in [-0.2, 0) is 27.9 Å². The molecule has 2 aliphatic rings. The van der Waals surface area contributed by atoms with E-state index in [-0.39, 0.29) is 17.3 Å². The van der Waals surface area contributed by atoms with Crippen molar-refractivity contribution in [3.63, 3.8) is 0 Å². The summed E-state index contributed by atoms with van der Waals surface area (Å²) < 4.78 is 33.8. The van der Waals surface area contributed by atoms with E-state index in [1.807, 2.05) is 35.9 Å². The lowest BCUT2D eigenvalue weighted by Gasteiger charge is -2.33. The normalized spacial score (nSPS) is 16.7. The number of sulfonamides is 1. The third-order valence-electron chi connectivity index (χ3n) is 7.17. The van der Waals surface area contributed by atoms with Crippen LogP contribution in [0.2, 0.25) is 5.02 Å². The van der Waals surface area contributed by atoms with Gasteiger partial charge in [0.15, 0.2) is 5.82 Å². The van der Waals surface area contributed by atoms with Crippen LogP contribution >= 0.6 is 11.6 Å². The molecule has 1 aromatic heterocycles. The SMILES string of the molecule is Cc1cc(N2CCN(Cc3ccc(S(=O)(=O)N(C)C)cc3)CC2=O)nn1Cc1cc(Cl)ccc1OCC1CC1. The zero-order valence-electron chi connectivity index (χ0n) is 22.5. The van der Waals surface area contributed by atoms with Gasteiger partial charge in [-0.1, -0.05) is 23.7 Å². The lowest BCUT2D eigenvalue weighted by Crippen LogP contribution is -2.50. The minimum Gasteiger partial charge on any atom is -0.493 e. The Bertz CT molecular complexity index is 1450. The van der Waals surface area contributed by atoms with Crippen molar-refractivity contribution in [1.82, 2.24) is 19.0 Å². The number of hydrogen-bond donors (Lipinski definition) is 0. The quantitative estimate of drug-likeness (QED) is 0.368. The molecule has 1 aliphatic carbocycles. The van der Waals surface area contributed by atoms with Crippen molar-refractivity contribution in [3.8, 4) is 5.75 Å². The predicted octanol–water partition coefficient (Wildman–Crippen LogP) is 3.78. The molecule has 2 fully saturated rings. The fraction of sp³-hybridized carbons (Fsp3) is 0.429. The molecule has 11 heteroatoms. The smallest absolute Gasteiger partial charge is 0.242 e. The van der Waals surface area contributed by atoms with Gasteiger partial charge in [-0.3, -0.25) is 19.3 Å². The predicted molar refractivity (Wildman–Crippen MR) is 151 cm³/mol. The number of rotatable bonds is 10. The molecule has 1 saturated carbocycles. The van der Waals surface area contributed by atoms with Crippen LogP contribution in [0.3, 0.4) is 0 Å². The molecule has 1 aliphatic heterocycles. The lowest BCUT2D eigenvalue weighted by molar-refractivity contribution is -0.121. The highest BCUT2D eigenvalue weighted by Crippen LogP contribution is 2.31. The zero-order valence-corrected chi connectivity index (χ0v) is 24.1. The van der Waals surface area contributed by atoms with Crippen LogP contribution in [0.15, 0.2) is 53.4 Å². The van der Waals surface area contributed by atoms with E-state index < -0.39 is 10.0 Å². The summed E-state index contributed by atoms with van der Waals surface area (Å²) in [5.41, 5.74) is 2.86. The first-order chi connectivity index (χ1) is 18.6. The van der Waals surface area contributed by atoms with E-state index in [0.29, 0.717) is 42.9 Å². The van der Waals surface area contributed by atoms with Gasteiger partial charge >= 0.3 is 0 Å². The number of carbonyl (C=O) groups excluding carboxylic acids is 1. The molecule has 0 radical (unpaired) electrons. The first-order valence-electron chi connectivity index (χ1n) is 13.1. The second-order valence-electron chi connectivity index (χ2n) is 10.5. The van der Waals surface area contributed by atoms with Gasteiger partial charge in [-0.2, -0.15) is 5.10 Å². The van der Waals surface area contributed by atoms with E-state index in [1.54, 1.807) is 29.2 Å². The molecule has 0 spiro atoms. The summed E-state index contributed by atoms with van der Waals surface area (Å²) in [5.74, 6) is 2.08. The number of aryl methyl sites for hydroxylation is 1. The van der Waals surface area contributed by atoms with E-state index in [4.69, 9.17) is 21.4 Å². The fourth-order valence-corrected chi connectivity index (χ4v) is 5.68. The number of halogens is 1. The van der Waals surface area contributed by atoms with Crippen LogP contribution in [-0.4, -0.2) is 73.6 Å². The van der Waals surface area contributed by atoms with Gasteiger partial charge in [-0.05, 0) is 61.6 Å². The van der Waals surface area contributed by atoms with Crippen molar-refractivity contribution in [3.05, 3.63) is 70.4 Å². The van der Waals surface area contributed by atoms with Crippen LogP contribution in [0.4, 0.5) is 5.82 Å². The van der Waals surface area contributed by atoms with E-state index >= 15 is 0 Å². The van der Waals surface area contributed by atoms with Gasteiger partial charge in [0.05, 0.1) is 24.6 Å². The molecule has 5 rings (SSSR count). The largest absolute Gasteiger partial charge is 0.493 e. The van der Waals surface area contributed by atoms with Gasteiger partial charge in [0.2, 0.25) is 15.9 Å². The number of aromatic nitrogens is 2. The summed E-state index contributed by atoms with van der Waals surface area (Å²) in [6, 6.07) is 14.4. The maximum Gasteiger partial charge on any atom is 0.242 e. The Morgan fingerprint density at radius 3 is 2.46 bits per heavy atom. The molecule has 39 heavy (non-hydrogen) atoms. The maximum atomic E-state index is 13.1. The topological polar surface area (TPSA) is 88.0 Å². The highest BCUT2D eigenvalue weighted by atomic mass is 35.5. The minimum atomic E-state index is -3.47. The Morgan fingerprint density at radius 1 is 1.05 bits per heavy atom. The third kappa shape index (κ3) is 6.46. The molecule has 0 bridgehead atoms. The van der Waals surface area contributed by atoms with Crippen LogP contribution in [0, 0.1) is 12.8 Å². The molecule has 0 unspecified atom stereocenters. The second-order valence-corrected chi connectivity index (χ2v) is 13.1. The van der Waals surface area contributed by atoms with Gasteiger partial charge in [0.1, 0.15) is 5.75 Å². The van der Waals surface area contributed by atoms with Crippen LogP contribution in [0.5, 0.6) is 5.75 Å². The number of benzene rings is 2. The highest BCUT2D eigenvalue weighted by Gasteiger charge is 2.28. The van der Waals surface area contributed by atoms with Gasteiger partial charge in [-0.15, -0.1) is 0 Å². The van der Waals surface area contributed by atoms with Crippen molar-refractivity contribution < 1.29 is 17.9 Å². The Morgan fingerprint density at radius 2 is 1.79 bits per heavy atom. The van der Waals surface area contributed by atoms with Gasteiger partial charge in [0.25, 0.3) is 0 Å². The number of amides is 1. The summed E-state index contributed by atoms with van der Waals surface area (Å²) in [6.45, 7) is 5.23. The molecule has 1 saturated heterocycles. The van der Waals surface area contributed by atoms with Gasteiger partial charge in [-0.25, -0.2) is 12.7 Å². The highest BCUT2D eigenvalue weighted by molar-refractivity contribution is 7.89. The van der Waals surface area contributed by atoms with Crippen LogP contribution < -0.4 is 9.64 Å². The Hall–Kier alpha value is -2.92. The zero-order chi connectivity index (χ0) is 27.7. The van der Waals surface area contributed by atoms with E-state index in [0.717, 1.165) is 29.2 Å². The Balaban J connectivity index is 1.22. The number of hydrogen-bond acceptors (Lipinski definition) is 6. The third-order valence-corrected chi connectivity index (χ3v) is 9.23. The van der Waals surface area contributed by atoms with Crippen molar-refractivity contribution in [2.45, 2.75) is 37.8 Å². The summed E-state index contributed by atoms with van der Waals surface area (Å²) in [7, 11) is -0.444. The Kier molecular flexibility index (Phi) is 8.00. The summed E-state index contributed by atoms with van der Waals surface area (Å²) >= 11 is 6.28. The van der Waals surface area contributed by atoms with Gasteiger partial charge in [0, 0.05) is 56.1 Å². The fourth-order valence-electron chi connectivity index (χ4n) is 4.59. The lowest BCUT2D eigenvalue weighted by atomic mass is 10.2. The van der Waals surface area contributed by atoms with Crippen molar-refractivity contribution >= 4 is 33.3 Å². The first-order valence-corrected chi connectivity index (χ1v) is 14.9. The summed E-state index contributed by atoms with van der Waals surface area (Å²) in [6.07, 6.45) is 2.44. The van der Waals surface area contributed by atoms with Crippen LogP contribution in [0.1, 0.15) is 29.7 Å². The molecule has 2 aromatic carbocycles. The molecule has 208 valence electrons. The number of ether oxygens (including phenoxy) is 1. The molecule has 9 nitrogen and oxygen atoms in total. The van der Waals surface area contributed by atoms with E-state index in [9.17, 15) is 13.2 Å². The average Bonchev–Trinajstić information content (AvgIpc) is 3.65. The van der Waals surface area contributed by atoms with Crippen molar-refractivity contribution in [2.24, 2.45) is 5.92 Å². The standard InChI is InChI=1S/C28H34ClN5O4S/c1-20-14-27(30-34(20)17-23-15-24(29)8-11-26(23)38-19-22-4-5-22)33-13-12-32(18-28(33)35)16-21-6-9-25(10-7-21)39(36,37)31(2)3/h6-11,14-15,22H,4-5,12-13,16-19H2,1-3H3. The number of piperazine rings is 1. The maximum absolute atomic E-state index is 13.1. The minimum absolute atomic E-state index is 0.0195. The van der Waals surface area contributed by atoms with Crippen molar-refractivity contribution in [1.29, 1.82) is 0 Å². The number of carbonyl (C=O) groups is 1. The van der Waals surface area contributed by atoms with Crippen molar-refractivity contribution in [2.75, 3.05) is 45.2 Å². The molecule has 0 atom stereocenters. The second kappa shape index (κ2) is 11.3. The van der Waals surface area contributed by atoms with E-state index in [1.165, 1.54) is 31.2 Å². The molecule has 1 amide bonds.